The second kappa shape index (κ2) is 16.5. The van der Waals surface area contributed by atoms with E-state index in [-0.39, 0.29) is 0 Å². The standard InChI is InChI=1S/C48H43O3/c1-34-32-43(24-22-40(34)18-8-38-14-28-46(50-4)29-15-38)48(42-20-10-36(11-21-42)6-7-37-12-26-45(49-3)27-13-37)44-25-23-41(35(2)33-44)19-9-39-16-30-47(51-5)31-17-39/h6-33H,1-5H3/q+1/b7-6+,18-8+,19-9+. The molecule has 0 bridgehead atoms. The van der Waals surface area contributed by atoms with E-state index in [1.807, 2.05) is 36.4 Å². The van der Waals surface area contributed by atoms with E-state index in [2.05, 4.69) is 147 Å². The number of aryl methyl sites for hydroxylation is 2. The smallest absolute Gasteiger partial charge is 0.118 e. The zero-order valence-corrected chi connectivity index (χ0v) is 29.9. The topological polar surface area (TPSA) is 27.7 Å². The number of hydrogen-bond acceptors (Lipinski definition) is 3. The average molecular weight is 668 g/mol. The van der Waals surface area contributed by atoms with Crippen molar-refractivity contribution in [2.24, 2.45) is 0 Å². The Labute approximate surface area is 302 Å². The highest BCUT2D eigenvalue weighted by Gasteiger charge is 2.24. The Hall–Kier alpha value is -6.19. The molecule has 0 fully saturated rings. The van der Waals surface area contributed by atoms with Crippen LogP contribution < -0.4 is 14.2 Å². The number of hydrogen-bond donors (Lipinski definition) is 0. The molecule has 0 amide bonds. The average Bonchev–Trinajstić information content (AvgIpc) is 3.17. The predicted octanol–water partition coefficient (Wildman–Crippen LogP) is 11.9. The molecule has 3 nitrogen and oxygen atoms in total. The molecule has 0 radical (unpaired) electrons. The van der Waals surface area contributed by atoms with E-state index in [4.69, 9.17) is 14.2 Å². The van der Waals surface area contributed by atoms with Gasteiger partial charge in [0.25, 0.3) is 0 Å². The molecule has 6 aromatic carbocycles. The number of ether oxygens (including phenoxy) is 3. The van der Waals surface area contributed by atoms with Crippen LogP contribution in [0.25, 0.3) is 36.5 Å². The van der Waals surface area contributed by atoms with Gasteiger partial charge in [0.15, 0.2) is 0 Å². The van der Waals surface area contributed by atoms with Crippen LogP contribution in [-0.2, 0) is 0 Å². The second-order valence-electron chi connectivity index (χ2n) is 12.5. The third kappa shape index (κ3) is 8.89. The first-order chi connectivity index (χ1) is 24.9. The molecule has 51 heavy (non-hydrogen) atoms. The Morgan fingerprint density at radius 3 is 0.961 bits per heavy atom. The first-order valence-electron chi connectivity index (χ1n) is 17.1. The van der Waals surface area contributed by atoms with Gasteiger partial charge in [-0.1, -0.05) is 72.9 Å². The van der Waals surface area contributed by atoms with Crippen LogP contribution in [0.1, 0.15) is 61.2 Å². The van der Waals surface area contributed by atoms with Gasteiger partial charge in [0.2, 0.25) is 0 Å². The molecule has 3 heteroatoms. The molecule has 6 aromatic rings. The SMILES string of the molecule is COc1ccc(/C=C/c2ccc([C+](c3ccc(/C=C/c4ccc(OC)cc4)c(C)c3)c3ccc(/C=C/c4ccc(OC)cc4)c(C)c3)cc2)cc1. The van der Waals surface area contributed by atoms with E-state index in [0.29, 0.717) is 0 Å². The Bertz CT molecular complexity index is 2030. The summed E-state index contributed by atoms with van der Waals surface area (Å²) in [5.74, 6) is 3.76. The highest BCUT2D eigenvalue weighted by Crippen LogP contribution is 2.34. The minimum atomic E-state index is 0.854. The fourth-order valence-corrected chi connectivity index (χ4v) is 6.01. The van der Waals surface area contributed by atoms with E-state index < -0.39 is 0 Å². The normalized spacial score (nSPS) is 11.4. The largest absolute Gasteiger partial charge is 0.497 e. The number of rotatable bonds is 12. The van der Waals surface area contributed by atoms with Crippen LogP contribution in [-0.4, -0.2) is 21.3 Å². The van der Waals surface area contributed by atoms with Crippen molar-refractivity contribution in [3.8, 4) is 17.2 Å². The van der Waals surface area contributed by atoms with Crippen LogP contribution in [0.4, 0.5) is 0 Å². The predicted molar refractivity (Wildman–Crippen MR) is 215 cm³/mol. The molecule has 0 aliphatic carbocycles. The van der Waals surface area contributed by atoms with E-state index in [1.54, 1.807) is 21.3 Å². The van der Waals surface area contributed by atoms with E-state index in [1.165, 1.54) is 44.9 Å². The van der Waals surface area contributed by atoms with Crippen LogP contribution in [0.5, 0.6) is 17.2 Å². The minimum absolute atomic E-state index is 0.854. The molecule has 0 N–H and O–H groups in total. The fraction of sp³-hybridized carbons (Fsp3) is 0.104. The lowest BCUT2D eigenvalue weighted by atomic mass is 9.82. The summed E-state index contributed by atoms with van der Waals surface area (Å²) in [4.78, 5) is 0. The van der Waals surface area contributed by atoms with Crippen LogP contribution >= 0.6 is 0 Å². The summed E-state index contributed by atoms with van der Waals surface area (Å²) in [6.45, 7) is 4.36. The van der Waals surface area contributed by atoms with Gasteiger partial charge >= 0.3 is 0 Å². The molecule has 0 spiro atoms. The molecular weight excluding hydrogens is 625 g/mol. The van der Waals surface area contributed by atoms with E-state index >= 15 is 0 Å². The second-order valence-corrected chi connectivity index (χ2v) is 12.5. The highest BCUT2D eigenvalue weighted by atomic mass is 16.5. The van der Waals surface area contributed by atoms with Crippen molar-refractivity contribution < 1.29 is 14.2 Å². The highest BCUT2D eigenvalue weighted by molar-refractivity contribution is 5.75. The fourth-order valence-electron chi connectivity index (χ4n) is 6.01. The Morgan fingerprint density at radius 1 is 0.353 bits per heavy atom. The summed E-state index contributed by atoms with van der Waals surface area (Å²) < 4.78 is 15.9. The lowest BCUT2D eigenvalue weighted by Gasteiger charge is -2.16. The van der Waals surface area contributed by atoms with Gasteiger partial charge in [0, 0.05) is 0 Å². The van der Waals surface area contributed by atoms with E-state index in [0.717, 1.165) is 39.5 Å². The van der Waals surface area contributed by atoms with Crippen molar-refractivity contribution in [3.05, 3.63) is 201 Å². The van der Waals surface area contributed by atoms with Gasteiger partial charge in [-0.05, 0) is 155 Å². The molecule has 0 aliphatic heterocycles. The van der Waals surface area contributed by atoms with Gasteiger partial charge in [0.1, 0.15) is 17.2 Å². The zero-order valence-electron chi connectivity index (χ0n) is 29.9. The molecule has 0 aliphatic rings. The maximum atomic E-state index is 5.31. The number of methoxy groups -OCH3 is 3. The Kier molecular flexibility index (Phi) is 11.2. The molecule has 0 heterocycles. The first-order valence-corrected chi connectivity index (χ1v) is 17.1. The molecular formula is C48H43O3+. The zero-order chi connectivity index (χ0) is 35.6. The number of benzene rings is 6. The summed E-state index contributed by atoms with van der Waals surface area (Å²) in [5.41, 5.74) is 12.8. The Morgan fingerprint density at radius 2 is 0.647 bits per heavy atom. The van der Waals surface area contributed by atoms with Crippen molar-refractivity contribution in [1.29, 1.82) is 0 Å². The van der Waals surface area contributed by atoms with Crippen LogP contribution in [0.2, 0.25) is 0 Å². The van der Waals surface area contributed by atoms with Crippen molar-refractivity contribution in [2.75, 3.05) is 21.3 Å². The summed E-state index contributed by atoms with van der Waals surface area (Å²) in [7, 11) is 5.06. The summed E-state index contributed by atoms with van der Waals surface area (Å²) in [5, 5.41) is 0. The van der Waals surface area contributed by atoms with Crippen molar-refractivity contribution in [1.82, 2.24) is 0 Å². The van der Waals surface area contributed by atoms with Crippen LogP contribution in [0.3, 0.4) is 0 Å². The van der Waals surface area contributed by atoms with Gasteiger partial charge in [-0.15, -0.1) is 0 Å². The lowest BCUT2D eigenvalue weighted by Crippen LogP contribution is -2.06. The summed E-state index contributed by atoms with van der Waals surface area (Å²) >= 11 is 0. The molecule has 0 atom stereocenters. The third-order valence-electron chi connectivity index (χ3n) is 9.04. The summed E-state index contributed by atoms with van der Waals surface area (Å²) in [6.07, 6.45) is 12.9. The van der Waals surface area contributed by atoms with Crippen molar-refractivity contribution in [3.63, 3.8) is 0 Å². The van der Waals surface area contributed by atoms with Crippen molar-refractivity contribution >= 4 is 36.5 Å². The first kappa shape index (κ1) is 34.7. The van der Waals surface area contributed by atoms with Crippen LogP contribution in [0.15, 0.2) is 133 Å². The van der Waals surface area contributed by atoms with Gasteiger partial charge in [0.05, 0.1) is 43.9 Å². The Balaban J connectivity index is 1.30. The van der Waals surface area contributed by atoms with Crippen LogP contribution in [0, 0.1) is 19.8 Å². The van der Waals surface area contributed by atoms with Gasteiger partial charge in [-0.2, -0.15) is 0 Å². The molecule has 0 saturated carbocycles. The van der Waals surface area contributed by atoms with E-state index in [9.17, 15) is 0 Å². The summed E-state index contributed by atoms with van der Waals surface area (Å²) in [6, 6.07) is 46.6. The molecule has 6 rings (SSSR count). The minimum Gasteiger partial charge on any atom is -0.497 e. The molecule has 252 valence electrons. The monoisotopic (exact) mass is 667 g/mol. The van der Waals surface area contributed by atoms with Gasteiger partial charge in [-0.25, -0.2) is 0 Å². The quantitative estimate of drug-likeness (QED) is 0.0738. The van der Waals surface area contributed by atoms with Gasteiger partial charge in [-0.3, -0.25) is 0 Å². The third-order valence-corrected chi connectivity index (χ3v) is 9.04. The maximum Gasteiger partial charge on any atom is 0.118 e. The van der Waals surface area contributed by atoms with Gasteiger partial charge < -0.3 is 14.2 Å². The maximum absolute atomic E-state index is 5.31. The lowest BCUT2D eigenvalue weighted by molar-refractivity contribution is 0.414. The molecule has 0 unspecified atom stereocenters. The molecule has 0 saturated heterocycles. The van der Waals surface area contributed by atoms with Crippen molar-refractivity contribution in [2.45, 2.75) is 13.8 Å². The molecule has 0 aromatic heterocycles.